The summed E-state index contributed by atoms with van der Waals surface area (Å²) in [7, 11) is 0. The van der Waals surface area contributed by atoms with Crippen molar-refractivity contribution in [2.45, 2.75) is 25.8 Å². The fourth-order valence-corrected chi connectivity index (χ4v) is 1.51. The Morgan fingerprint density at radius 2 is 2.06 bits per heavy atom. The number of halogens is 1. The van der Waals surface area contributed by atoms with Crippen LogP contribution in [0.2, 0.25) is 0 Å². The number of hydrogen-bond acceptors (Lipinski definition) is 4. The summed E-state index contributed by atoms with van der Waals surface area (Å²) in [6, 6.07) is 6.23. The van der Waals surface area contributed by atoms with Gasteiger partial charge < -0.3 is 10.3 Å². The minimum atomic E-state index is -0.253. The van der Waals surface area contributed by atoms with E-state index in [1.165, 1.54) is 12.1 Å². The average Bonchev–Trinajstić information content (AvgIpc) is 2.68. The van der Waals surface area contributed by atoms with Gasteiger partial charge in [0.15, 0.2) is 5.82 Å². The second kappa shape index (κ2) is 5.05. The molecule has 1 heterocycles. The van der Waals surface area contributed by atoms with E-state index in [-0.39, 0.29) is 11.9 Å². The number of benzene rings is 1. The van der Waals surface area contributed by atoms with Crippen LogP contribution in [0, 0.1) is 5.82 Å². The highest BCUT2D eigenvalue weighted by molar-refractivity contribution is 5.19. The van der Waals surface area contributed by atoms with Crippen molar-refractivity contribution in [3.05, 3.63) is 47.4 Å². The molecule has 2 rings (SSSR count). The van der Waals surface area contributed by atoms with Gasteiger partial charge in [-0.15, -0.1) is 0 Å². The van der Waals surface area contributed by atoms with Gasteiger partial charge in [-0.1, -0.05) is 17.3 Å². The van der Waals surface area contributed by atoms with Crippen molar-refractivity contribution in [1.29, 1.82) is 0 Å². The second-order valence-electron chi connectivity index (χ2n) is 4.09. The standard InChI is InChI=1S/C12H14FN3O/c1-8(14)6-11-15-12(17-16-11)7-9-2-4-10(13)5-3-9/h2-5,8H,6-7,14H2,1H3. The molecule has 1 aromatic heterocycles. The lowest BCUT2D eigenvalue weighted by atomic mass is 10.1. The van der Waals surface area contributed by atoms with Crippen molar-refractivity contribution in [1.82, 2.24) is 10.1 Å². The molecule has 0 aliphatic carbocycles. The monoisotopic (exact) mass is 235 g/mol. The maximum Gasteiger partial charge on any atom is 0.231 e. The van der Waals surface area contributed by atoms with Crippen molar-refractivity contribution < 1.29 is 8.91 Å². The molecule has 1 unspecified atom stereocenters. The van der Waals surface area contributed by atoms with Gasteiger partial charge in [0.2, 0.25) is 5.89 Å². The Balaban J connectivity index is 2.03. The Morgan fingerprint density at radius 1 is 1.35 bits per heavy atom. The molecule has 4 nitrogen and oxygen atoms in total. The van der Waals surface area contributed by atoms with Crippen LogP contribution in [0.5, 0.6) is 0 Å². The normalized spacial score (nSPS) is 12.6. The number of rotatable bonds is 4. The fraction of sp³-hybridized carbons (Fsp3) is 0.333. The summed E-state index contributed by atoms with van der Waals surface area (Å²) in [4.78, 5) is 4.22. The Kier molecular flexibility index (Phi) is 3.49. The zero-order valence-corrected chi connectivity index (χ0v) is 9.56. The van der Waals surface area contributed by atoms with Crippen molar-refractivity contribution in [2.24, 2.45) is 5.73 Å². The van der Waals surface area contributed by atoms with Gasteiger partial charge in [-0.05, 0) is 24.6 Å². The lowest BCUT2D eigenvalue weighted by Crippen LogP contribution is -2.18. The van der Waals surface area contributed by atoms with Crippen LogP contribution in [0.1, 0.15) is 24.2 Å². The Hall–Kier alpha value is -1.75. The van der Waals surface area contributed by atoms with Gasteiger partial charge in [0.05, 0.1) is 6.42 Å². The van der Waals surface area contributed by atoms with E-state index in [4.69, 9.17) is 10.3 Å². The maximum absolute atomic E-state index is 12.7. The minimum absolute atomic E-state index is 0.00581. The first-order valence-corrected chi connectivity index (χ1v) is 5.45. The molecular formula is C12H14FN3O. The van der Waals surface area contributed by atoms with Crippen LogP contribution >= 0.6 is 0 Å². The molecular weight excluding hydrogens is 221 g/mol. The van der Waals surface area contributed by atoms with Crippen LogP contribution in [-0.4, -0.2) is 16.2 Å². The summed E-state index contributed by atoms with van der Waals surface area (Å²) in [5.74, 6) is 0.876. The largest absolute Gasteiger partial charge is 0.339 e. The van der Waals surface area contributed by atoms with Gasteiger partial charge in [0.1, 0.15) is 5.82 Å². The summed E-state index contributed by atoms with van der Waals surface area (Å²) >= 11 is 0. The number of nitrogens with two attached hydrogens (primary N) is 1. The fourth-order valence-electron chi connectivity index (χ4n) is 1.51. The zero-order chi connectivity index (χ0) is 12.3. The first-order valence-electron chi connectivity index (χ1n) is 5.45. The lowest BCUT2D eigenvalue weighted by molar-refractivity contribution is 0.378. The maximum atomic E-state index is 12.7. The van der Waals surface area contributed by atoms with Crippen molar-refractivity contribution in [3.63, 3.8) is 0 Å². The van der Waals surface area contributed by atoms with Crippen LogP contribution in [0.25, 0.3) is 0 Å². The van der Waals surface area contributed by atoms with Crippen LogP contribution < -0.4 is 5.73 Å². The number of nitrogens with zero attached hydrogens (tertiary/aromatic N) is 2. The van der Waals surface area contributed by atoms with Crippen LogP contribution in [0.15, 0.2) is 28.8 Å². The molecule has 0 saturated heterocycles. The van der Waals surface area contributed by atoms with E-state index >= 15 is 0 Å². The number of hydrogen-bond donors (Lipinski definition) is 1. The van der Waals surface area contributed by atoms with E-state index in [1.54, 1.807) is 12.1 Å². The highest BCUT2D eigenvalue weighted by Gasteiger charge is 2.08. The SMILES string of the molecule is CC(N)Cc1noc(Cc2ccc(F)cc2)n1. The Bertz CT molecular complexity index is 479. The van der Waals surface area contributed by atoms with Gasteiger partial charge in [0.25, 0.3) is 0 Å². The molecule has 0 fully saturated rings. The van der Waals surface area contributed by atoms with Gasteiger partial charge >= 0.3 is 0 Å². The van der Waals surface area contributed by atoms with Crippen molar-refractivity contribution in [3.8, 4) is 0 Å². The summed E-state index contributed by atoms with van der Waals surface area (Å²) in [5.41, 5.74) is 6.57. The molecule has 0 aliphatic rings. The predicted molar refractivity (Wildman–Crippen MR) is 60.9 cm³/mol. The molecule has 0 bridgehead atoms. The molecule has 17 heavy (non-hydrogen) atoms. The van der Waals surface area contributed by atoms with E-state index in [0.29, 0.717) is 24.6 Å². The van der Waals surface area contributed by atoms with Crippen molar-refractivity contribution in [2.75, 3.05) is 0 Å². The second-order valence-corrected chi connectivity index (χ2v) is 4.09. The molecule has 1 aromatic carbocycles. The average molecular weight is 235 g/mol. The Morgan fingerprint density at radius 3 is 2.71 bits per heavy atom. The van der Waals surface area contributed by atoms with Gasteiger partial charge in [-0.3, -0.25) is 0 Å². The molecule has 2 N–H and O–H groups in total. The van der Waals surface area contributed by atoms with E-state index < -0.39 is 0 Å². The topological polar surface area (TPSA) is 64.9 Å². The molecule has 0 radical (unpaired) electrons. The van der Waals surface area contributed by atoms with Gasteiger partial charge in [0, 0.05) is 12.5 Å². The summed E-state index contributed by atoms with van der Waals surface area (Å²) in [5, 5.41) is 3.83. The summed E-state index contributed by atoms with van der Waals surface area (Å²) < 4.78 is 17.8. The van der Waals surface area contributed by atoms with Crippen LogP contribution in [0.4, 0.5) is 4.39 Å². The molecule has 0 aliphatic heterocycles. The minimum Gasteiger partial charge on any atom is -0.339 e. The third-order valence-corrected chi connectivity index (χ3v) is 2.28. The lowest BCUT2D eigenvalue weighted by Gasteiger charge is -1.97. The first-order chi connectivity index (χ1) is 8.13. The third kappa shape index (κ3) is 3.35. The molecule has 0 amide bonds. The van der Waals surface area contributed by atoms with E-state index in [2.05, 4.69) is 10.1 Å². The Labute approximate surface area is 98.6 Å². The van der Waals surface area contributed by atoms with Crippen LogP contribution in [0.3, 0.4) is 0 Å². The van der Waals surface area contributed by atoms with Crippen molar-refractivity contribution >= 4 is 0 Å². The third-order valence-electron chi connectivity index (χ3n) is 2.28. The quantitative estimate of drug-likeness (QED) is 0.875. The van der Waals surface area contributed by atoms with E-state index in [9.17, 15) is 4.39 Å². The number of aromatic nitrogens is 2. The summed E-state index contributed by atoms with van der Waals surface area (Å²) in [6.07, 6.45) is 1.10. The molecule has 0 spiro atoms. The predicted octanol–water partition coefficient (Wildman–Crippen LogP) is 1.69. The van der Waals surface area contributed by atoms with E-state index in [1.807, 2.05) is 6.92 Å². The molecule has 1 atom stereocenters. The highest BCUT2D eigenvalue weighted by atomic mass is 19.1. The van der Waals surface area contributed by atoms with E-state index in [0.717, 1.165) is 5.56 Å². The zero-order valence-electron chi connectivity index (χ0n) is 9.56. The highest BCUT2D eigenvalue weighted by Crippen LogP contribution is 2.09. The molecule has 5 heteroatoms. The molecule has 90 valence electrons. The first kappa shape index (κ1) is 11.7. The molecule has 2 aromatic rings. The summed E-state index contributed by atoms with van der Waals surface area (Å²) in [6.45, 7) is 1.88. The van der Waals surface area contributed by atoms with Gasteiger partial charge in [-0.25, -0.2) is 4.39 Å². The van der Waals surface area contributed by atoms with Gasteiger partial charge in [-0.2, -0.15) is 4.98 Å². The molecule has 0 saturated carbocycles. The van der Waals surface area contributed by atoms with Crippen LogP contribution in [-0.2, 0) is 12.8 Å². The smallest absolute Gasteiger partial charge is 0.231 e.